The molecule has 1 aliphatic rings. The molecule has 2 amide bonds. The van der Waals surface area contributed by atoms with Crippen molar-refractivity contribution in [2.24, 2.45) is 0 Å². The minimum absolute atomic E-state index is 0.00558. The normalized spacial score (nSPS) is 11.8. The topological polar surface area (TPSA) is 142 Å². The van der Waals surface area contributed by atoms with Crippen LogP contribution in [0, 0.1) is 5.82 Å². The van der Waals surface area contributed by atoms with E-state index in [1.54, 1.807) is 18.2 Å². The number of ether oxygens (including phenoxy) is 5. The maximum atomic E-state index is 13.6. The highest BCUT2D eigenvalue weighted by atomic mass is 35.5. The summed E-state index contributed by atoms with van der Waals surface area (Å²) >= 11 is 5.93. The largest absolute Gasteiger partial charge is 0.493 e. The third kappa shape index (κ3) is 9.92. The zero-order chi connectivity index (χ0) is 37.7. The van der Waals surface area contributed by atoms with Crippen LogP contribution in [0.3, 0.4) is 0 Å². The summed E-state index contributed by atoms with van der Waals surface area (Å²) in [6.07, 6.45) is 1.68. The smallest absolute Gasteiger partial charge is 0.407 e. The van der Waals surface area contributed by atoms with E-state index in [0.29, 0.717) is 79.8 Å². The standard InChI is InChI=1S/C40H41ClFN5O7/c1-50-36-23-35-31(39(46-25-45-35)47-26-11-12-34(42)33(41)21-26)22-37(36)53-16-6-14-43-38(48)13-17-51-19-20-52-18-15-44-40(49)54-24-32-29-9-4-2-7-27(29)28-8-3-5-10-30(28)32/h2-5,7-12,21-23,25,32H,6,13-20,24H2,1H3,(H,43,48)(H,44,49)(H,45,46,47). The van der Waals surface area contributed by atoms with E-state index in [1.807, 2.05) is 24.3 Å². The molecule has 1 aromatic heterocycles. The van der Waals surface area contributed by atoms with Crippen molar-refractivity contribution in [3.8, 4) is 22.6 Å². The number of methoxy groups -OCH3 is 1. The summed E-state index contributed by atoms with van der Waals surface area (Å²) in [5.74, 6) is 0.813. The molecule has 282 valence electrons. The zero-order valence-corrected chi connectivity index (χ0v) is 30.5. The fraction of sp³-hybridized carbons (Fsp3) is 0.300. The van der Waals surface area contributed by atoms with Gasteiger partial charge in [0.15, 0.2) is 11.5 Å². The molecular formula is C40H41ClFN5O7. The number of carbonyl (C=O) groups excluding carboxylic acids is 2. The van der Waals surface area contributed by atoms with Crippen LogP contribution in [-0.4, -0.2) is 81.8 Å². The Morgan fingerprint density at radius 3 is 2.30 bits per heavy atom. The van der Waals surface area contributed by atoms with Crippen molar-refractivity contribution in [1.29, 1.82) is 0 Å². The lowest BCUT2D eigenvalue weighted by Gasteiger charge is -2.14. The van der Waals surface area contributed by atoms with Crippen LogP contribution < -0.4 is 25.4 Å². The average molecular weight is 758 g/mol. The fourth-order valence-corrected chi connectivity index (χ4v) is 6.26. The fourth-order valence-electron chi connectivity index (χ4n) is 6.08. The molecule has 0 saturated carbocycles. The summed E-state index contributed by atoms with van der Waals surface area (Å²) in [6, 6.07) is 24.2. The van der Waals surface area contributed by atoms with Gasteiger partial charge in [0.05, 0.1) is 50.7 Å². The van der Waals surface area contributed by atoms with Crippen LogP contribution in [0.2, 0.25) is 5.02 Å². The Labute approximate surface area is 317 Å². The van der Waals surface area contributed by atoms with E-state index in [9.17, 15) is 14.0 Å². The molecule has 6 rings (SSSR count). The number of aromatic nitrogens is 2. The summed E-state index contributed by atoms with van der Waals surface area (Å²) in [6.45, 7) is 2.49. The van der Waals surface area contributed by atoms with Gasteiger partial charge in [-0.25, -0.2) is 19.2 Å². The molecule has 14 heteroatoms. The minimum atomic E-state index is -0.516. The molecule has 4 aromatic carbocycles. The Balaban J connectivity index is 0.808. The molecule has 0 unspecified atom stereocenters. The number of rotatable bonds is 19. The van der Waals surface area contributed by atoms with Gasteiger partial charge in [-0.3, -0.25) is 4.79 Å². The molecular weight excluding hydrogens is 717 g/mol. The minimum Gasteiger partial charge on any atom is -0.493 e. The third-order valence-corrected chi connectivity index (χ3v) is 9.00. The Hall–Kier alpha value is -5.50. The SMILES string of the molecule is COc1cc2ncnc(Nc3ccc(F)c(Cl)c3)c2cc1OCCCNC(=O)CCOCCOCCNC(=O)OCC1c2ccccc2-c2ccccc21. The first-order valence-electron chi connectivity index (χ1n) is 17.6. The Bertz CT molecular complexity index is 2020. The van der Waals surface area contributed by atoms with E-state index in [1.165, 1.54) is 36.7 Å². The Kier molecular flexibility index (Phi) is 13.5. The number of amides is 2. The summed E-state index contributed by atoms with van der Waals surface area (Å²) < 4.78 is 41.7. The molecule has 54 heavy (non-hydrogen) atoms. The number of hydrogen-bond acceptors (Lipinski definition) is 10. The van der Waals surface area contributed by atoms with Crippen molar-refractivity contribution in [3.05, 3.63) is 107 Å². The second-order valence-electron chi connectivity index (χ2n) is 12.3. The molecule has 0 atom stereocenters. The summed E-state index contributed by atoms with van der Waals surface area (Å²) in [7, 11) is 1.54. The average Bonchev–Trinajstić information content (AvgIpc) is 3.51. The Morgan fingerprint density at radius 1 is 0.815 bits per heavy atom. The lowest BCUT2D eigenvalue weighted by atomic mass is 9.98. The number of alkyl carbamates (subject to hydrolysis) is 1. The number of carbonyl (C=O) groups is 2. The molecule has 1 aliphatic carbocycles. The van der Waals surface area contributed by atoms with Gasteiger partial charge in [-0.05, 0) is 52.9 Å². The number of fused-ring (bicyclic) bond motifs is 4. The summed E-state index contributed by atoms with van der Waals surface area (Å²) in [5.41, 5.74) is 5.86. The quantitative estimate of drug-likeness (QED) is 0.0753. The maximum Gasteiger partial charge on any atom is 0.407 e. The monoisotopic (exact) mass is 757 g/mol. The van der Waals surface area contributed by atoms with Gasteiger partial charge in [0.1, 0.15) is 24.6 Å². The van der Waals surface area contributed by atoms with Crippen molar-refractivity contribution in [2.75, 3.05) is 65.2 Å². The number of nitrogens with zero attached hydrogens (tertiary/aromatic N) is 2. The third-order valence-electron chi connectivity index (χ3n) is 8.71. The van der Waals surface area contributed by atoms with Crippen LogP contribution >= 0.6 is 11.6 Å². The lowest BCUT2D eigenvalue weighted by molar-refractivity contribution is -0.122. The van der Waals surface area contributed by atoms with Crippen LogP contribution in [-0.2, 0) is 19.0 Å². The van der Waals surface area contributed by atoms with E-state index in [0.717, 1.165) is 11.1 Å². The molecule has 12 nitrogen and oxygen atoms in total. The number of hydrogen-bond donors (Lipinski definition) is 3. The van der Waals surface area contributed by atoms with E-state index in [-0.39, 0.29) is 36.5 Å². The van der Waals surface area contributed by atoms with Crippen LogP contribution in [0.1, 0.15) is 29.9 Å². The van der Waals surface area contributed by atoms with Gasteiger partial charge in [0, 0.05) is 42.6 Å². The highest BCUT2D eigenvalue weighted by Gasteiger charge is 2.29. The van der Waals surface area contributed by atoms with Crippen molar-refractivity contribution in [2.45, 2.75) is 18.8 Å². The second kappa shape index (κ2) is 19.0. The lowest BCUT2D eigenvalue weighted by Crippen LogP contribution is -2.29. The molecule has 0 radical (unpaired) electrons. The van der Waals surface area contributed by atoms with Crippen LogP contribution in [0.4, 0.5) is 20.7 Å². The van der Waals surface area contributed by atoms with Gasteiger partial charge in [0.25, 0.3) is 0 Å². The van der Waals surface area contributed by atoms with Crippen molar-refractivity contribution < 1.29 is 37.7 Å². The van der Waals surface area contributed by atoms with Crippen molar-refractivity contribution in [3.63, 3.8) is 0 Å². The van der Waals surface area contributed by atoms with Gasteiger partial charge < -0.3 is 39.6 Å². The van der Waals surface area contributed by atoms with Crippen molar-refractivity contribution >= 4 is 46.0 Å². The molecule has 0 saturated heterocycles. The predicted octanol–water partition coefficient (Wildman–Crippen LogP) is 7.02. The van der Waals surface area contributed by atoms with Gasteiger partial charge >= 0.3 is 6.09 Å². The van der Waals surface area contributed by atoms with E-state index in [2.05, 4.69) is 50.2 Å². The molecule has 1 heterocycles. The maximum absolute atomic E-state index is 13.6. The van der Waals surface area contributed by atoms with E-state index in [4.69, 9.17) is 35.3 Å². The summed E-state index contributed by atoms with van der Waals surface area (Å²) in [5, 5.41) is 9.38. The molecule has 5 aromatic rings. The first kappa shape index (κ1) is 38.2. The number of nitrogens with one attached hydrogen (secondary N) is 3. The predicted molar refractivity (Wildman–Crippen MR) is 203 cm³/mol. The van der Waals surface area contributed by atoms with Crippen LogP contribution in [0.25, 0.3) is 22.0 Å². The van der Waals surface area contributed by atoms with Gasteiger partial charge in [0.2, 0.25) is 5.91 Å². The van der Waals surface area contributed by atoms with Gasteiger partial charge in [-0.1, -0.05) is 60.1 Å². The second-order valence-corrected chi connectivity index (χ2v) is 12.7. The zero-order valence-electron chi connectivity index (χ0n) is 29.7. The molecule has 0 bridgehead atoms. The molecule has 0 spiro atoms. The van der Waals surface area contributed by atoms with E-state index >= 15 is 0 Å². The van der Waals surface area contributed by atoms with Gasteiger partial charge in [-0.15, -0.1) is 0 Å². The van der Waals surface area contributed by atoms with Crippen molar-refractivity contribution in [1.82, 2.24) is 20.6 Å². The van der Waals surface area contributed by atoms with Gasteiger partial charge in [-0.2, -0.15) is 0 Å². The number of halogens is 2. The van der Waals surface area contributed by atoms with Crippen LogP contribution in [0.5, 0.6) is 11.5 Å². The highest BCUT2D eigenvalue weighted by Crippen LogP contribution is 2.44. The number of anilines is 2. The first-order valence-corrected chi connectivity index (χ1v) is 18.0. The Morgan fingerprint density at radius 2 is 1.56 bits per heavy atom. The molecule has 3 N–H and O–H groups in total. The van der Waals surface area contributed by atoms with Crippen LogP contribution in [0.15, 0.2) is 85.2 Å². The molecule has 0 aliphatic heterocycles. The first-order chi connectivity index (χ1) is 26.4. The number of benzene rings is 4. The molecule has 0 fully saturated rings. The highest BCUT2D eigenvalue weighted by molar-refractivity contribution is 6.31. The summed E-state index contributed by atoms with van der Waals surface area (Å²) in [4.78, 5) is 33.2. The van der Waals surface area contributed by atoms with E-state index < -0.39 is 11.9 Å².